The number of carbonyl (C=O) groups is 1. The van der Waals surface area contributed by atoms with Crippen molar-refractivity contribution in [3.63, 3.8) is 0 Å². The second-order valence-corrected chi connectivity index (χ2v) is 5.52. The van der Waals surface area contributed by atoms with Gasteiger partial charge in [-0.2, -0.15) is 0 Å². The summed E-state index contributed by atoms with van der Waals surface area (Å²) in [6, 6.07) is 21.5. The molecule has 0 amide bonds. The molecule has 0 saturated carbocycles. The molecule has 0 spiro atoms. The fourth-order valence-corrected chi connectivity index (χ4v) is 2.64. The molecular formula is C20H16N2O4. The van der Waals surface area contributed by atoms with Crippen LogP contribution in [-0.2, 0) is 4.74 Å². The third kappa shape index (κ3) is 3.54. The van der Waals surface area contributed by atoms with Gasteiger partial charge >= 0.3 is 5.97 Å². The van der Waals surface area contributed by atoms with Crippen molar-refractivity contribution in [3.8, 4) is 11.1 Å². The molecule has 0 aromatic heterocycles. The summed E-state index contributed by atoms with van der Waals surface area (Å²) < 4.78 is 4.76. The molecule has 0 radical (unpaired) electrons. The molecule has 0 saturated heterocycles. The molecule has 3 aromatic rings. The van der Waals surface area contributed by atoms with Gasteiger partial charge in [0, 0.05) is 23.4 Å². The summed E-state index contributed by atoms with van der Waals surface area (Å²) >= 11 is 0. The molecule has 0 heterocycles. The molecular weight excluding hydrogens is 332 g/mol. The lowest BCUT2D eigenvalue weighted by Gasteiger charge is -2.14. The summed E-state index contributed by atoms with van der Waals surface area (Å²) in [5, 5.41) is 14.2. The number of nitro benzene ring substituents is 1. The number of benzene rings is 3. The van der Waals surface area contributed by atoms with E-state index >= 15 is 0 Å². The number of non-ortho nitro benzene ring substituents is 1. The maximum Gasteiger partial charge on any atom is 0.340 e. The highest BCUT2D eigenvalue weighted by atomic mass is 16.6. The van der Waals surface area contributed by atoms with Crippen LogP contribution < -0.4 is 5.32 Å². The Morgan fingerprint density at radius 1 is 0.962 bits per heavy atom. The summed E-state index contributed by atoms with van der Waals surface area (Å²) in [6.45, 7) is 0. The van der Waals surface area contributed by atoms with Gasteiger partial charge in [-0.1, -0.05) is 48.5 Å². The van der Waals surface area contributed by atoms with E-state index < -0.39 is 10.9 Å². The normalized spacial score (nSPS) is 10.2. The van der Waals surface area contributed by atoms with Crippen LogP contribution in [0, 0.1) is 10.1 Å². The van der Waals surface area contributed by atoms with Gasteiger partial charge in [-0.15, -0.1) is 0 Å². The highest BCUT2D eigenvalue weighted by Crippen LogP contribution is 2.32. The van der Waals surface area contributed by atoms with E-state index in [9.17, 15) is 14.9 Å². The molecule has 0 atom stereocenters. The fourth-order valence-electron chi connectivity index (χ4n) is 2.64. The SMILES string of the molecule is COC(=O)c1cc([N+](=O)[O-])ccc1Nc1ccccc1-c1ccccc1. The monoisotopic (exact) mass is 348 g/mol. The Labute approximate surface area is 150 Å². The average Bonchev–Trinajstić information content (AvgIpc) is 2.68. The van der Waals surface area contributed by atoms with Gasteiger partial charge in [0.2, 0.25) is 0 Å². The van der Waals surface area contributed by atoms with Crippen LogP contribution in [0.4, 0.5) is 17.1 Å². The number of nitro groups is 1. The zero-order chi connectivity index (χ0) is 18.5. The lowest BCUT2D eigenvalue weighted by atomic mass is 10.0. The van der Waals surface area contributed by atoms with Crippen molar-refractivity contribution in [1.29, 1.82) is 0 Å². The number of anilines is 2. The Bertz CT molecular complexity index is 955. The number of rotatable bonds is 5. The molecule has 26 heavy (non-hydrogen) atoms. The smallest absolute Gasteiger partial charge is 0.340 e. The Balaban J connectivity index is 2.05. The minimum atomic E-state index is -0.645. The summed E-state index contributed by atoms with van der Waals surface area (Å²) in [4.78, 5) is 22.5. The van der Waals surface area contributed by atoms with Gasteiger partial charge in [0.25, 0.3) is 5.69 Å². The molecule has 130 valence electrons. The van der Waals surface area contributed by atoms with Crippen LogP contribution >= 0.6 is 0 Å². The molecule has 0 aliphatic rings. The van der Waals surface area contributed by atoms with Crippen molar-refractivity contribution < 1.29 is 14.5 Å². The van der Waals surface area contributed by atoms with Gasteiger partial charge in [-0.3, -0.25) is 10.1 Å². The predicted octanol–water partition coefficient (Wildman–Crippen LogP) is 4.79. The summed E-state index contributed by atoms with van der Waals surface area (Å²) in [7, 11) is 1.24. The first kappa shape index (κ1) is 17.2. The Kier molecular flexibility index (Phi) is 4.94. The van der Waals surface area contributed by atoms with Gasteiger partial charge in [-0.05, 0) is 17.7 Å². The van der Waals surface area contributed by atoms with E-state index in [4.69, 9.17) is 4.74 Å². The van der Waals surface area contributed by atoms with Crippen LogP contribution in [0.2, 0.25) is 0 Å². The number of hydrogen-bond donors (Lipinski definition) is 1. The van der Waals surface area contributed by atoms with Crippen LogP contribution in [0.5, 0.6) is 0 Å². The average molecular weight is 348 g/mol. The molecule has 6 nitrogen and oxygen atoms in total. The van der Waals surface area contributed by atoms with Gasteiger partial charge in [0.15, 0.2) is 0 Å². The van der Waals surface area contributed by atoms with Crippen molar-refractivity contribution >= 4 is 23.0 Å². The largest absolute Gasteiger partial charge is 0.465 e. The van der Waals surface area contributed by atoms with Crippen LogP contribution in [-0.4, -0.2) is 18.0 Å². The first-order valence-electron chi connectivity index (χ1n) is 7.88. The maximum absolute atomic E-state index is 12.1. The number of esters is 1. The number of hydrogen-bond acceptors (Lipinski definition) is 5. The van der Waals surface area contributed by atoms with E-state index in [1.54, 1.807) is 0 Å². The molecule has 3 aromatic carbocycles. The minimum absolute atomic E-state index is 0.101. The van der Waals surface area contributed by atoms with E-state index in [2.05, 4.69) is 5.32 Å². The highest BCUT2D eigenvalue weighted by Gasteiger charge is 2.18. The van der Waals surface area contributed by atoms with Crippen molar-refractivity contribution in [2.45, 2.75) is 0 Å². The van der Waals surface area contributed by atoms with E-state index in [-0.39, 0.29) is 11.3 Å². The molecule has 6 heteroatoms. The molecule has 0 aliphatic heterocycles. The maximum atomic E-state index is 12.1. The molecule has 0 bridgehead atoms. The molecule has 0 unspecified atom stereocenters. The van der Waals surface area contributed by atoms with E-state index in [1.165, 1.54) is 25.3 Å². The van der Waals surface area contributed by atoms with E-state index in [0.717, 1.165) is 16.8 Å². The van der Waals surface area contributed by atoms with E-state index in [1.807, 2.05) is 54.6 Å². The molecule has 0 fully saturated rings. The lowest BCUT2D eigenvalue weighted by Crippen LogP contribution is -2.07. The topological polar surface area (TPSA) is 81.5 Å². The number of methoxy groups -OCH3 is 1. The number of ether oxygens (including phenoxy) is 1. The first-order valence-corrected chi connectivity index (χ1v) is 7.88. The Morgan fingerprint density at radius 3 is 2.35 bits per heavy atom. The van der Waals surface area contributed by atoms with Gasteiger partial charge in [-0.25, -0.2) is 4.79 Å². The highest BCUT2D eigenvalue weighted by molar-refractivity contribution is 5.98. The van der Waals surface area contributed by atoms with Crippen LogP contribution in [0.3, 0.4) is 0 Å². The number of para-hydroxylation sites is 1. The Morgan fingerprint density at radius 2 is 1.65 bits per heavy atom. The van der Waals surface area contributed by atoms with Crippen LogP contribution in [0.25, 0.3) is 11.1 Å². The Hall–Kier alpha value is -3.67. The second kappa shape index (κ2) is 7.48. The number of nitrogens with one attached hydrogen (secondary N) is 1. The standard InChI is InChI=1S/C20H16N2O4/c1-26-20(23)17-13-15(22(24)25)11-12-19(17)21-18-10-6-5-9-16(18)14-7-3-2-4-8-14/h2-13,21H,1H3. The summed E-state index contributed by atoms with van der Waals surface area (Å²) in [6.07, 6.45) is 0. The predicted molar refractivity (Wildman–Crippen MR) is 99.6 cm³/mol. The van der Waals surface area contributed by atoms with E-state index in [0.29, 0.717) is 5.69 Å². The zero-order valence-corrected chi connectivity index (χ0v) is 14.0. The summed E-state index contributed by atoms with van der Waals surface area (Å²) in [5.41, 5.74) is 3.10. The number of carbonyl (C=O) groups excluding carboxylic acids is 1. The van der Waals surface area contributed by atoms with Gasteiger partial charge < -0.3 is 10.1 Å². The zero-order valence-electron chi connectivity index (χ0n) is 14.0. The summed E-state index contributed by atoms with van der Waals surface area (Å²) in [5.74, 6) is -0.645. The fraction of sp³-hybridized carbons (Fsp3) is 0.0500. The third-order valence-corrected chi connectivity index (χ3v) is 3.90. The van der Waals surface area contributed by atoms with Gasteiger partial charge in [0.05, 0.1) is 23.3 Å². The van der Waals surface area contributed by atoms with Crippen molar-refractivity contribution in [3.05, 3.63) is 88.5 Å². The minimum Gasteiger partial charge on any atom is -0.465 e. The first-order chi connectivity index (χ1) is 12.6. The van der Waals surface area contributed by atoms with Crippen molar-refractivity contribution in [1.82, 2.24) is 0 Å². The third-order valence-electron chi connectivity index (χ3n) is 3.90. The van der Waals surface area contributed by atoms with Crippen molar-refractivity contribution in [2.24, 2.45) is 0 Å². The van der Waals surface area contributed by atoms with Crippen LogP contribution in [0.15, 0.2) is 72.8 Å². The lowest BCUT2D eigenvalue weighted by molar-refractivity contribution is -0.384. The molecule has 0 aliphatic carbocycles. The van der Waals surface area contributed by atoms with Crippen LogP contribution in [0.1, 0.15) is 10.4 Å². The van der Waals surface area contributed by atoms with Gasteiger partial charge in [0.1, 0.15) is 0 Å². The second-order valence-electron chi connectivity index (χ2n) is 5.52. The molecule has 3 rings (SSSR count). The molecule has 1 N–H and O–H groups in total. The van der Waals surface area contributed by atoms with Crippen molar-refractivity contribution in [2.75, 3.05) is 12.4 Å². The quantitative estimate of drug-likeness (QED) is 0.407. The number of nitrogens with zero attached hydrogens (tertiary/aromatic N) is 1.